The molecule has 0 spiro atoms. The van der Waals surface area contributed by atoms with E-state index in [1.165, 1.54) is 11.6 Å². The summed E-state index contributed by atoms with van der Waals surface area (Å²) in [4.78, 5) is 4.29. The minimum absolute atomic E-state index is 0. The van der Waals surface area contributed by atoms with Gasteiger partial charge >= 0.3 is 0 Å². The van der Waals surface area contributed by atoms with Crippen molar-refractivity contribution in [3.8, 4) is 0 Å². The molecular weight excluding hydrogens is 444 g/mol. The quantitative estimate of drug-likeness (QED) is 0.400. The molecule has 142 valence electrons. The lowest BCUT2D eigenvalue weighted by Gasteiger charge is -2.19. The van der Waals surface area contributed by atoms with Gasteiger partial charge in [-0.25, -0.2) is 4.39 Å². The van der Waals surface area contributed by atoms with Crippen LogP contribution in [0.15, 0.2) is 29.3 Å². The van der Waals surface area contributed by atoms with Crippen LogP contribution in [0.5, 0.6) is 0 Å². The van der Waals surface area contributed by atoms with E-state index in [0.29, 0.717) is 13.1 Å². The molecule has 7 heteroatoms. The van der Waals surface area contributed by atoms with E-state index in [1.807, 2.05) is 30.8 Å². The highest BCUT2D eigenvalue weighted by atomic mass is 127. The van der Waals surface area contributed by atoms with Gasteiger partial charge in [0.05, 0.1) is 5.69 Å². The first-order valence-corrected chi connectivity index (χ1v) is 8.65. The third-order valence-corrected chi connectivity index (χ3v) is 5.21. The summed E-state index contributed by atoms with van der Waals surface area (Å²) in [5, 5.41) is 11.1. The molecule has 1 aromatic carbocycles. The lowest BCUT2D eigenvalue weighted by atomic mass is 9.95. The van der Waals surface area contributed by atoms with E-state index in [4.69, 9.17) is 0 Å². The topological polar surface area (TPSA) is 54.2 Å². The first kappa shape index (κ1) is 20.7. The highest BCUT2D eigenvalue weighted by molar-refractivity contribution is 14.0. The highest BCUT2D eigenvalue weighted by Crippen LogP contribution is 2.48. The average Bonchev–Trinajstić information content (AvgIpc) is 3.33. The summed E-state index contributed by atoms with van der Waals surface area (Å²) in [5.41, 5.74) is 4.04. The number of hydrogen-bond donors (Lipinski definition) is 2. The van der Waals surface area contributed by atoms with Gasteiger partial charge in [0, 0.05) is 43.9 Å². The van der Waals surface area contributed by atoms with Crippen LogP contribution < -0.4 is 10.6 Å². The van der Waals surface area contributed by atoms with Gasteiger partial charge in [0.15, 0.2) is 5.96 Å². The van der Waals surface area contributed by atoms with Gasteiger partial charge in [-0.2, -0.15) is 5.10 Å². The predicted molar refractivity (Wildman–Crippen MR) is 114 cm³/mol. The zero-order valence-electron chi connectivity index (χ0n) is 15.8. The Morgan fingerprint density at radius 2 is 1.96 bits per heavy atom. The molecule has 0 saturated heterocycles. The zero-order valence-corrected chi connectivity index (χ0v) is 18.1. The van der Waals surface area contributed by atoms with Crippen molar-refractivity contribution in [3.63, 3.8) is 0 Å². The Balaban J connectivity index is 0.00000243. The fourth-order valence-corrected chi connectivity index (χ4v) is 3.30. The van der Waals surface area contributed by atoms with Gasteiger partial charge in [0.2, 0.25) is 0 Å². The summed E-state index contributed by atoms with van der Waals surface area (Å²) in [7, 11) is 3.70. The molecule has 1 aromatic heterocycles. The van der Waals surface area contributed by atoms with Gasteiger partial charge in [-0.05, 0) is 38.3 Å². The molecule has 1 heterocycles. The molecule has 0 amide bonds. The van der Waals surface area contributed by atoms with Crippen molar-refractivity contribution in [2.75, 3.05) is 13.6 Å². The van der Waals surface area contributed by atoms with Crippen molar-refractivity contribution >= 4 is 29.9 Å². The maximum atomic E-state index is 14.1. The third-order valence-electron chi connectivity index (χ3n) is 5.21. The number of guanidine groups is 1. The minimum Gasteiger partial charge on any atom is -0.356 e. The van der Waals surface area contributed by atoms with Crippen molar-refractivity contribution in [2.24, 2.45) is 12.0 Å². The third kappa shape index (κ3) is 4.19. The lowest BCUT2D eigenvalue weighted by Crippen LogP contribution is -2.41. The number of rotatable bonds is 5. The smallest absolute Gasteiger partial charge is 0.191 e. The first-order chi connectivity index (χ1) is 12.0. The number of benzene rings is 1. The molecule has 0 bridgehead atoms. The maximum absolute atomic E-state index is 14.1. The molecule has 0 atom stereocenters. The number of aryl methyl sites for hydroxylation is 2. The van der Waals surface area contributed by atoms with Gasteiger partial charge in [0.25, 0.3) is 0 Å². The molecule has 3 rings (SSSR count). The van der Waals surface area contributed by atoms with Crippen LogP contribution in [0.25, 0.3) is 0 Å². The molecule has 1 aliphatic carbocycles. The summed E-state index contributed by atoms with van der Waals surface area (Å²) in [6.07, 6.45) is 2.00. The fraction of sp³-hybridized carbons (Fsp3) is 0.474. The standard InChI is InChI=1S/C19H26FN5.HI/c1-13-15(14(2)25(4)24-13)11-22-18(21-3)23-12-19(9-10-19)16-7-5-6-8-17(16)20;/h5-8H,9-12H2,1-4H3,(H2,21,22,23);1H. The fourth-order valence-electron chi connectivity index (χ4n) is 3.30. The van der Waals surface area contributed by atoms with Gasteiger partial charge < -0.3 is 10.6 Å². The molecule has 5 nitrogen and oxygen atoms in total. The van der Waals surface area contributed by atoms with Crippen LogP contribution in [0.1, 0.15) is 35.4 Å². The molecule has 0 aliphatic heterocycles. The normalized spacial score (nSPS) is 15.3. The number of halogens is 2. The molecule has 2 N–H and O–H groups in total. The van der Waals surface area contributed by atoms with Gasteiger partial charge in [0.1, 0.15) is 5.82 Å². The van der Waals surface area contributed by atoms with Crippen LogP contribution in [0.2, 0.25) is 0 Å². The number of aromatic nitrogens is 2. The van der Waals surface area contributed by atoms with Crippen LogP contribution in [0.4, 0.5) is 4.39 Å². The number of nitrogens with zero attached hydrogens (tertiary/aromatic N) is 3. The van der Waals surface area contributed by atoms with Crippen molar-refractivity contribution in [3.05, 3.63) is 52.6 Å². The van der Waals surface area contributed by atoms with E-state index < -0.39 is 0 Å². The van der Waals surface area contributed by atoms with Crippen molar-refractivity contribution < 1.29 is 4.39 Å². The van der Waals surface area contributed by atoms with E-state index in [1.54, 1.807) is 13.1 Å². The number of nitrogens with one attached hydrogen (secondary N) is 2. The Morgan fingerprint density at radius 1 is 1.27 bits per heavy atom. The molecular formula is C19H27FIN5. The summed E-state index contributed by atoms with van der Waals surface area (Å²) in [6, 6.07) is 7.07. The van der Waals surface area contributed by atoms with Gasteiger partial charge in [-0.3, -0.25) is 9.67 Å². The zero-order chi connectivity index (χ0) is 18.0. The Bertz CT molecular complexity index is 795. The van der Waals surface area contributed by atoms with Crippen LogP contribution in [0.3, 0.4) is 0 Å². The summed E-state index contributed by atoms with van der Waals surface area (Å²) in [6.45, 7) is 5.42. The number of hydrogen-bond acceptors (Lipinski definition) is 2. The maximum Gasteiger partial charge on any atom is 0.191 e. The number of aliphatic imine (C=N–C) groups is 1. The molecule has 1 fully saturated rings. The highest BCUT2D eigenvalue weighted by Gasteiger charge is 2.45. The molecule has 0 unspecified atom stereocenters. The second-order valence-corrected chi connectivity index (χ2v) is 6.81. The summed E-state index contributed by atoms with van der Waals surface area (Å²) in [5.74, 6) is 0.608. The van der Waals surface area contributed by atoms with E-state index in [-0.39, 0.29) is 35.2 Å². The van der Waals surface area contributed by atoms with E-state index in [0.717, 1.165) is 35.8 Å². The van der Waals surface area contributed by atoms with Crippen LogP contribution in [-0.4, -0.2) is 29.3 Å². The van der Waals surface area contributed by atoms with Crippen LogP contribution in [0, 0.1) is 19.7 Å². The van der Waals surface area contributed by atoms with Gasteiger partial charge in [-0.15, -0.1) is 24.0 Å². The Kier molecular flexibility index (Phi) is 6.65. The van der Waals surface area contributed by atoms with Crippen molar-refractivity contribution in [1.82, 2.24) is 20.4 Å². The van der Waals surface area contributed by atoms with Crippen molar-refractivity contribution in [1.29, 1.82) is 0 Å². The molecule has 1 aliphatic rings. The Morgan fingerprint density at radius 3 is 2.50 bits per heavy atom. The lowest BCUT2D eigenvalue weighted by molar-refractivity contribution is 0.559. The SMILES string of the molecule is CN=C(NCc1c(C)nn(C)c1C)NCC1(c2ccccc2F)CC1.I. The largest absolute Gasteiger partial charge is 0.356 e. The van der Waals surface area contributed by atoms with E-state index in [9.17, 15) is 4.39 Å². The van der Waals surface area contributed by atoms with Crippen LogP contribution in [-0.2, 0) is 19.0 Å². The Hall–Kier alpha value is -1.64. The molecule has 0 radical (unpaired) electrons. The molecule has 26 heavy (non-hydrogen) atoms. The average molecular weight is 471 g/mol. The summed E-state index contributed by atoms with van der Waals surface area (Å²) >= 11 is 0. The Labute approximate surface area is 171 Å². The van der Waals surface area contributed by atoms with E-state index in [2.05, 4.69) is 27.6 Å². The second kappa shape index (κ2) is 8.37. The predicted octanol–water partition coefficient (Wildman–Crippen LogP) is 3.19. The summed E-state index contributed by atoms with van der Waals surface area (Å²) < 4.78 is 16.0. The second-order valence-electron chi connectivity index (χ2n) is 6.81. The molecule has 2 aromatic rings. The van der Waals surface area contributed by atoms with Gasteiger partial charge in [-0.1, -0.05) is 18.2 Å². The molecule has 1 saturated carbocycles. The van der Waals surface area contributed by atoms with Crippen molar-refractivity contribution in [2.45, 2.75) is 38.6 Å². The monoisotopic (exact) mass is 471 g/mol. The van der Waals surface area contributed by atoms with Crippen LogP contribution >= 0.6 is 24.0 Å². The minimum atomic E-state index is -0.119. The first-order valence-electron chi connectivity index (χ1n) is 8.65. The van der Waals surface area contributed by atoms with E-state index >= 15 is 0 Å².